The van der Waals surface area contributed by atoms with E-state index in [1.807, 2.05) is 25.1 Å². The van der Waals surface area contributed by atoms with Gasteiger partial charge in [0.25, 0.3) is 0 Å². The van der Waals surface area contributed by atoms with E-state index < -0.39 is 0 Å². The van der Waals surface area contributed by atoms with Crippen molar-refractivity contribution in [1.82, 2.24) is 9.88 Å². The third kappa shape index (κ3) is 3.68. The number of oxime groups is 1. The third-order valence-corrected chi connectivity index (χ3v) is 4.38. The molecule has 0 fully saturated rings. The van der Waals surface area contributed by atoms with Crippen LogP contribution in [0.1, 0.15) is 22.7 Å². The molecule has 1 aromatic carbocycles. The molecule has 0 unspecified atom stereocenters. The fraction of sp³-hybridized carbons (Fsp3) is 0.375. The zero-order valence-electron chi connectivity index (χ0n) is 12.3. The first-order valence-electron chi connectivity index (χ1n) is 7.08. The molecular formula is C16H19N3OS. The lowest BCUT2D eigenvalue weighted by molar-refractivity contribution is 0.0576. The number of rotatable bonds is 5. The van der Waals surface area contributed by atoms with Crippen LogP contribution < -0.4 is 0 Å². The van der Waals surface area contributed by atoms with Crippen molar-refractivity contribution in [3.05, 3.63) is 52.0 Å². The maximum Gasteiger partial charge on any atom is 0.145 e. The van der Waals surface area contributed by atoms with Crippen LogP contribution in [-0.2, 0) is 11.4 Å². The van der Waals surface area contributed by atoms with Gasteiger partial charge in [-0.25, -0.2) is 4.98 Å². The second kappa shape index (κ2) is 6.37. The van der Waals surface area contributed by atoms with Crippen molar-refractivity contribution in [2.75, 3.05) is 13.6 Å². The minimum absolute atomic E-state index is 0.131. The van der Waals surface area contributed by atoms with Gasteiger partial charge in [-0.3, -0.25) is 4.90 Å². The highest BCUT2D eigenvalue weighted by Crippen LogP contribution is 2.18. The third-order valence-electron chi connectivity index (χ3n) is 3.43. The van der Waals surface area contributed by atoms with Gasteiger partial charge >= 0.3 is 0 Å². The lowest BCUT2D eigenvalue weighted by Crippen LogP contribution is -2.29. The number of nitrogens with zero attached hydrogens (tertiary/aromatic N) is 3. The summed E-state index contributed by atoms with van der Waals surface area (Å²) in [4.78, 5) is 12.3. The average Bonchev–Trinajstić information content (AvgIpc) is 3.09. The van der Waals surface area contributed by atoms with Crippen LogP contribution in [0.15, 0.2) is 40.9 Å². The van der Waals surface area contributed by atoms with E-state index in [1.165, 1.54) is 0 Å². The monoisotopic (exact) mass is 301 g/mol. The van der Waals surface area contributed by atoms with E-state index in [1.54, 1.807) is 11.3 Å². The highest BCUT2D eigenvalue weighted by atomic mass is 32.1. The highest BCUT2D eigenvalue weighted by Gasteiger charge is 2.23. The van der Waals surface area contributed by atoms with Crippen molar-refractivity contribution in [3.63, 3.8) is 0 Å². The fourth-order valence-electron chi connectivity index (χ4n) is 2.45. The fourth-order valence-corrected chi connectivity index (χ4v) is 3.30. The number of hydrogen-bond donors (Lipinski definition) is 0. The second-order valence-electron chi connectivity index (χ2n) is 5.41. The lowest BCUT2D eigenvalue weighted by Gasteiger charge is -2.18. The Bertz CT molecular complexity index is 623. The molecule has 0 amide bonds. The molecule has 0 spiro atoms. The summed E-state index contributed by atoms with van der Waals surface area (Å²) in [5.74, 6) is 0. The van der Waals surface area contributed by atoms with Crippen LogP contribution in [-0.4, -0.2) is 35.3 Å². The minimum atomic E-state index is 0.131. The molecule has 5 heteroatoms. The Labute approximate surface area is 129 Å². The number of aryl methyl sites for hydroxylation is 1. The molecule has 1 atom stereocenters. The van der Waals surface area contributed by atoms with Crippen LogP contribution in [0.4, 0.5) is 0 Å². The Morgan fingerprint density at radius 2 is 2.14 bits per heavy atom. The molecule has 1 aliphatic heterocycles. The maximum absolute atomic E-state index is 5.56. The van der Waals surface area contributed by atoms with Crippen molar-refractivity contribution in [3.8, 4) is 0 Å². The van der Waals surface area contributed by atoms with Crippen LogP contribution in [0.2, 0.25) is 0 Å². The zero-order valence-corrected chi connectivity index (χ0v) is 13.1. The molecule has 1 aromatic heterocycles. The van der Waals surface area contributed by atoms with E-state index in [0.717, 1.165) is 41.5 Å². The molecule has 110 valence electrons. The molecule has 2 aromatic rings. The molecule has 3 rings (SSSR count). The maximum atomic E-state index is 5.56. The molecule has 0 radical (unpaired) electrons. The van der Waals surface area contributed by atoms with Gasteiger partial charge in [-0.1, -0.05) is 35.5 Å². The predicted molar refractivity (Wildman–Crippen MR) is 85.7 cm³/mol. The van der Waals surface area contributed by atoms with Crippen LogP contribution in [0.5, 0.6) is 0 Å². The van der Waals surface area contributed by atoms with Gasteiger partial charge in [-0.05, 0) is 19.5 Å². The largest absolute Gasteiger partial charge is 0.390 e. The first-order valence-corrected chi connectivity index (χ1v) is 7.96. The van der Waals surface area contributed by atoms with Gasteiger partial charge in [0.1, 0.15) is 11.1 Å². The van der Waals surface area contributed by atoms with Crippen molar-refractivity contribution in [2.24, 2.45) is 5.16 Å². The SMILES string of the molecule is Cc1csc(CN(C)C[C@@H]2CC(c3ccccc3)=NO2)n1. The summed E-state index contributed by atoms with van der Waals surface area (Å²) in [6, 6.07) is 10.2. The minimum Gasteiger partial charge on any atom is -0.390 e. The Balaban J connectivity index is 1.51. The molecule has 0 bridgehead atoms. The summed E-state index contributed by atoms with van der Waals surface area (Å²) in [5.41, 5.74) is 3.28. The molecule has 0 saturated carbocycles. The van der Waals surface area contributed by atoms with Gasteiger partial charge in [0.2, 0.25) is 0 Å². The number of benzene rings is 1. The van der Waals surface area contributed by atoms with Gasteiger partial charge in [-0.2, -0.15) is 0 Å². The highest BCUT2D eigenvalue weighted by molar-refractivity contribution is 7.09. The van der Waals surface area contributed by atoms with E-state index in [0.29, 0.717) is 0 Å². The normalized spacial score (nSPS) is 17.9. The van der Waals surface area contributed by atoms with E-state index in [4.69, 9.17) is 4.84 Å². The molecular weight excluding hydrogens is 282 g/mol. The van der Waals surface area contributed by atoms with E-state index >= 15 is 0 Å². The van der Waals surface area contributed by atoms with Gasteiger partial charge in [0.15, 0.2) is 0 Å². The van der Waals surface area contributed by atoms with Gasteiger partial charge in [0.05, 0.1) is 12.3 Å². The quantitative estimate of drug-likeness (QED) is 0.852. The van der Waals surface area contributed by atoms with E-state index in [2.05, 4.69) is 39.6 Å². The number of likely N-dealkylation sites (N-methyl/N-ethyl adjacent to an activating group) is 1. The number of aromatic nitrogens is 1. The Morgan fingerprint density at radius 1 is 1.33 bits per heavy atom. The van der Waals surface area contributed by atoms with Crippen LogP contribution in [0, 0.1) is 6.92 Å². The Hall–Kier alpha value is -1.72. The van der Waals surface area contributed by atoms with Gasteiger partial charge < -0.3 is 4.84 Å². The van der Waals surface area contributed by atoms with Crippen LogP contribution >= 0.6 is 11.3 Å². The summed E-state index contributed by atoms with van der Waals surface area (Å²) in [5, 5.41) is 7.47. The van der Waals surface area contributed by atoms with Gasteiger partial charge in [-0.15, -0.1) is 11.3 Å². The summed E-state index contributed by atoms with van der Waals surface area (Å²) < 4.78 is 0. The lowest BCUT2D eigenvalue weighted by atomic mass is 10.1. The summed E-state index contributed by atoms with van der Waals surface area (Å²) in [7, 11) is 2.10. The van der Waals surface area contributed by atoms with Crippen LogP contribution in [0.25, 0.3) is 0 Å². The van der Waals surface area contributed by atoms with Crippen molar-refractivity contribution < 1.29 is 4.84 Å². The topological polar surface area (TPSA) is 37.7 Å². The van der Waals surface area contributed by atoms with Crippen molar-refractivity contribution in [1.29, 1.82) is 0 Å². The van der Waals surface area contributed by atoms with E-state index in [9.17, 15) is 0 Å². The first-order chi connectivity index (χ1) is 10.2. The van der Waals surface area contributed by atoms with Gasteiger partial charge in [0, 0.05) is 24.0 Å². The molecule has 21 heavy (non-hydrogen) atoms. The predicted octanol–water partition coefficient (Wildman–Crippen LogP) is 3.08. The first kappa shape index (κ1) is 14.2. The zero-order chi connectivity index (χ0) is 14.7. The summed E-state index contributed by atoms with van der Waals surface area (Å²) in [6.45, 7) is 3.75. The molecule has 4 nitrogen and oxygen atoms in total. The number of thiazole rings is 1. The Kier molecular flexibility index (Phi) is 4.31. The van der Waals surface area contributed by atoms with E-state index in [-0.39, 0.29) is 6.10 Å². The molecule has 0 aliphatic carbocycles. The van der Waals surface area contributed by atoms with Crippen LogP contribution in [0.3, 0.4) is 0 Å². The average molecular weight is 301 g/mol. The smallest absolute Gasteiger partial charge is 0.145 e. The number of hydrogen-bond acceptors (Lipinski definition) is 5. The van der Waals surface area contributed by atoms with Crippen molar-refractivity contribution >= 4 is 17.0 Å². The van der Waals surface area contributed by atoms with Crippen molar-refractivity contribution in [2.45, 2.75) is 26.0 Å². The molecule has 0 saturated heterocycles. The molecule has 0 N–H and O–H groups in total. The standard InChI is InChI=1S/C16H19N3OS/c1-12-11-21-16(17-12)10-19(2)9-14-8-15(18-20-14)13-6-4-3-5-7-13/h3-7,11,14H,8-10H2,1-2H3/t14-/m0/s1. The second-order valence-corrected chi connectivity index (χ2v) is 6.36. The summed E-state index contributed by atoms with van der Waals surface area (Å²) >= 11 is 1.71. The Morgan fingerprint density at radius 3 is 2.86 bits per heavy atom. The molecule has 2 heterocycles. The summed E-state index contributed by atoms with van der Waals surface area (Å²) in [6.07, 6.45) is 0.997. The molecule has 1 aliphatic rings.